The summed E-state index contributed by atoms with van der Waals surface area (Å²) in [4.78, 5) is 14.2. The van der Waals surface area contributed by atoms with Gasteiger partial charge in [-0.2, -0.15) is 0 Å². The number of rotatable bonds is 4. The molecule has 0 saturated carbocycles. The number of carbonyl (C=O) groups excluding carboxylic acids is 1. The van der Waals surface area contributed by atoms with Gasteiger partial charge in [-0.15, -0.1) is 0 Å². The number of likely N-dealkylation sites (tertiary alicyclic amines) is 1. The fraction of sp³-hybridized carbons (Fsp3) is 0.533. The molecule has 0 aliphatic carbocycles. The van der Waals surface area contributed by atoms with E-state index >= 15 is 0 Å². The maximum Gasteiger partial charge on any atom is 0.227 e. The first kappa shape index (κ1) is 16.1. The normalized spacial score (nSPS) is 22.3. The van der Waals surface area contributed by atoms with Crippen molar-refractivity contribution in [3.63, 3.8) is 0 Å². The van der Waals surface area contributed by atoms with Gasteiger partial charge < -0.3 is 15.2 Å². The number of nitrogens with zero attached hydrogens (tertiary/aromatic N) is 1. The van der Waals surface area contributed by atoms with Crippen molar-refractivity contribution in [2.24, 2.45) is 5.41 Å². The molecule has 1 saturated heterocycles. The molecular formula is C15H21BrN2O3. The predicted octanol–water partition coefficient (Wildman–Crippen LogP) is 2.12. The van der Waals surface area contributed by atoms with E-state index in [1.165, 1.54) is 7.11 Å². The van der Waals surface area contributed by atoms with Crippen LogP contribution in [0.15, 0.2) is 16.6 Å². The van der Waals surface area contributed by atoms with Gasteiger partial charge >= 0.3 is 0 Å². The van der Waals surface area contributed by atoms with Gasteiger partial charge in [0.15, 0.2) is 11.5 Å². The molecule has 2 rings (SSSR count). The van der Waals surface area contributed by atoms with Crippen molar-refractivity contribution in [3.8, 4) is 11.5 Å². The summed E-state index contributed by atoms with van der Waals surface area (Å²) in [6.45, 7) is 4.33. The Kier molecular flexibility index (Phi) is 4.78. The summed E-state index contributed by atoms with van der Waals surface area (Å²) in [5, 5.41) is 12.6. The monoisotopic (exact) mass is 356 g/mol. The van der Waals surface area contributed by atoms with Gasteiger partial charge in [0.05, 0.1) is 17.0 Å². The van der Waals surface area contributed by atoms with Crippen LogP contribution in [0.3, 0.4) is 0 Å². The highest BCUT2D eigenvalue weighted by atomic mass is 79.9. The summed E-state index contributed by atoms with van der Waals surface area (Å²) in [6.07, 6.45) is 0.850. The molecule has 0 radical (unpaired) electrons. The van der Waals surface area contributed by atoms with E-state index in [2.05, 4.69) is 26.1 Å². The SMILES string of the molecule is CNC(=O)C1(C)CCN(Cc2cc(Br)c(O)c(OC)c2)C1. The summed E-state index contributed by atoms with van der Waals surface area (Å²) in [7, 11) is 3.21. The average Bonchev–Trinajstić information content (AvgIpc) is 2.84. The number of phenols is 1. The molecule has 0 spiro atoms. The van der Waals surface area contributed by atoms with E-state index in [9.17, 15) is 9.90 Å². The van der Waals surface area contributed by atoms with Gasteiger partial charge in [0, 0.05) is 20.1 Å². The second kappa shape index (κ2) is 6.23. The molecule has 116 valence electrons. The molecule has 2 N–H and O–H groups in total. The van der Waals surface area contributed by atoms with Gasteiger partial charge in [-0.25, -0.2) is 0 Å². The van der Waals surface area contributed by atoms with Crippen LogP contribution in [-0.2, 0) is 11.3 Å². The molecule has 1 aliphatic rings. The van der Waals surface area contributed by atoms with Crippen LogP contribution >= 0.6 is 15.9 Å². The van der Waals surface area contributed by atoms with Crippen LogP contribution in [0.4, 0.5) is 0 Å². The van der Waals surface area contributed by atoms with E-state index in [1.54, 1.807) is 7.05 Å². The van der Waals surface area contributed by atoms with Crippen molar-refractivity contribution in [2.75, 3.05) is 27.2 Å². The standard InChI is InChI=1S/C15H21BrN2O3/c1-15(14(20)17-2)4-5-18(9-15)8-10-6-11(16)13(19)12(7-10)21-3/h6-7,19H,4-5,8-9H2,1-3H3,(H,17,20). The van der Waals surface area contributed by atoms with Crippen LogP contribution < -0.4 is 10.1 Å². The number of carbonyl (C=O) groups is 1. The minimum atomic E-state index is -0.326. The van der Waals surface area contributed by atoms with Crippen molar-refractivity contribution in [2.45, 2.75) is 19.9 Å². The summed E-state index contributed by atoms with van der Waals surface area (Å²) in [5.74, 6) is 0.653. The van der Waals surface area contributed by atoms with E-state index in [-0.39, 0.29) is 17.1 Å². The third kappa shape index (κ3) is 3.32. The van der Waals surface area contributed by atoms with Crippen LogP contribution in [0.5, 0.6) is 11.5 Å². The van der Waals surface area contributed by atoms with Crippen LogP contribution in [-0.4, -0.2) is 43.2 Å². The largest absolute Gasteiger partial charge is 0.503 e. The lowest BCUT2D eigenvalue weighted by Crippen LogP contribution is -2.39. The summed E-state index contributed by atoms with van der Waals surface area (Å²) in [5.41, 5.74) is 0.713. The third-order valence-electron chi connectivity index (χ3n) is 4.04. The second-order valence-corrected chi connectivity index (χ2v) is 6.58. The van der Waals surface area contributed by atoms with E-state index in [0.717, 1.165) is 31.6 Å². The van der Waals surface area contributed by atoms with Crippen LogP contribution in [0.1, 0.15) is 18.9 Å². The van der Waals surface area contributed by atoms with Gasteiger partial charge in [-0.1, -0.05) is 0 Å². The Morgan fingerprint density at radius 2 is 2.29 bits per heavy atom. The van der Waals surface area contributed by atoms with Crippen molar-refractivity contribution in [3.05, 3.63) is 22.2 Å². The molecule has 1 fully saturated rings. The molecule has 21 heavy (non-hydrogen) atoms. The van der Waals surface area contributed by atoms with Gasteiger partial charge in [0.2, 0.25) is 5.91 Å². The maximum atomic E-state index is 11.9. The lowest BCUT2D eigenvalue weighted by Gasteiger charge is -2.23. The molecule has 5 nitrogen and oxygen atoms in total. The Bertz CT molecular complexity index is 550. The Hall–Kier alpha value is -1.27. The molecule has 1 amide bonds. The highest BCUT2D eigenvalue weighted by Gasteiger charge is 2.39. The highest BCUT2D eigenvalue weighted by Crippen LogP contribution is 2.37. The fourth-order valence-electron chi connectivity index (χ4n) is 2.81. The zero-order valence-corrected chi connectivity index (χ0v) is 14.2. The fourth-order valence-corrected chi connectivity index (χ4v) is 3.30. The molecule has 1 aromatic rings. The number of aromatic hydroxyl groups is 1. The molecule has 1 heterocycles. The molecule has 1 unspecified atom stereocenters. The average molecular weight is 357 g/mol. The molecule has 0 bridgehead atoms. The van der Waals surface area contributed by atoms with E-state index < -0.39 is 0 Å². The minimum Gasteiger partial charge on any atom is -0.503 e. The van der Waals surface area contributed by atoms with Crippen molar-refractivity contribution < 1.29 is 14.6 Å². The molecule has 6 heteroatoms. The summed E-state index contributed by atoms with van der Waals surface area (Å²) >= 11 is 3.33. The molecular weight excluding hydrogens is 336 g/mol. The quantitative estimate of drug-likeness (QED) is 0.867. The van der Waals surface area contributed by atoms with Gasteiger partial charge in [0.1, 0.15) is 0 Å². The first-order valence-corrected chi connectivity index (χ1v) is 7.69. The zero-order valence-electron chi connectivity index (χ0n) is 12.6. The minimum absolute atomic E-state index is 0.0921. The number of amides is 1. The van der Waals surface area contributed by atoms with Crippen molar-refractivity contribution in [1.82, 2.24) is 10.2 Å². The number of hydrogen-bond donors (Lipinski definition) is 2. The topological polar surface area (TPSA) is 61.8 Å². The van der Waals surface area contributed by atoms with Gasteiger partial charge in [-0.05, 0) is 53.5 Å². The van der Waals surface area contributed by atoms with Crippen molar-refractivity contribution >= 4 is 21.8 Å². The van der Waals surface area contributed by atoms with Crippen LogP contribution in [0.25, 0.3) is 0 Å². The first-order chi connectivity index (χ1) is 9.89. The highest BCUT2D eigenvalue weighted by molar-refractivity contribution is 9.10. The summed E-state index contributed by atoms with van der Waals surface area (Å²) in [6, 6.07) is 3.71. The number of nitrogens with one attached hydrogen (secondary N) is 1. The van der Waals surface area contributed by atoms with E-state index in [1.807, 2.05) is 19.1 Å². The number of methoxy groups -OCH3 is 1. The van der Waals surface area contributed by atoms with Gasteiger partial charge in [-0.3, -0.25) is 9.69 Å². The van der Waals surface area contributed by atoms with Crippen LogP contribution in [0, 0.1) is 5.41 Å². The lowest BCUT2D eigenvalue weighted by molar-refractivity contribution is -0.129. The van der Waals surface area contributed by atoms with Crippen LogP contribution in [0.2, 0.25) is 0 Å². The molecule has 1 aliphatic heterocycles. The number of hydrogen-bond acceptors (Lipinski definition) is 4. The van der Waals surface area contributed by atoms with Gasteiger partial charge in [0.25, 0.3) is 0 Å². The summed E-state index contributed by atoms with van der Waals surface area (Å²) < 4.78 is 5.78. The van der Waals surface area contributed by atoms with E-state index in [4.69, 9.17) is 4.74 Å². The second-order valence-electron chi connectivity index (χ2n) is 5.73. The molecule has 0 aromatic heterocycles. The zero-order chi connectivity index (χ0) is 15.6. The molecule has 1 atom stereocenters. The smallest absolute Gasteiger partial charge is 0.227 e. The Morgan fingerprint density at radius 1 is 1.57 bits per heavy atom. The number of phenolic OH excluding ortho intramolecular Hbond substituents is 1. The number of ether oxygens (including phenoxy) is 1. The lowest BCUT2D eigenvalue weighted by atomic mass is 9.89. The Balaban J connectivity index is 2.10. The predicted molar refractivity (Wildman–Crippen MR) is 84.4 cm³/mol. The Morgan fingerprint density at radius 3 is 2.90 bits per heavy atom. The maximum absolute atomic E-state index is 11.9. The number of benzene rings is 1. The first-order valence-electron chi connectivity index (χ1n) is 6.89. The number of halogens is 1. The van der Waals surface area contributed by atoms with Crippen molar-refractivity contribution in [1.29, 1.82) is 0 Å². The van der Waals surface area contributed by atoms with E-state index in [0.29, 0.717) is 10.2 Å². The Labute approximate surface area is 133 Å². The molecule has 1 aromatic carbocycles. The third-order valence-corrected chi connectivity index (χ3v) is 4.65.